The number of aryl methyl sites for hydroxylation is 1. The van der Waals surface area contributed by atoms with E-state index in [0.29, 0.717) is 17.2 Å². The lowest BCUT2D eigenvalue weighted by atomic mass is 10.1. The maximum atomic E-state index is 12.2. The van der Waals surface area contributed by atoms with Gasteiger partial charge in [-0.3, -0.25) is 9.59 Å². The third kappa shape index (κ3) is 6.64. The summed E-state index contributed by atoms with van der Waals surface area (Å²) in [5.41, 5.74) is 5.63. The van der Waals surface area contributed by atoms with Crippen LogP contribution in [0.4, 0.5) is 5.69 Å². The number of hydrazone groups is 1. The Morgan fingerprint density at radius 1 is 1.00 bits per heavy atom. The van der Waals surface area contributed by atoms with Crippen LogP contribution < -0.4 is 20.2 Å². The molecule has 0 bridgehead atoms. The Morgan fingerprint density at radius 2 is 1.72 bits per heavy atom. The van der Waals surface area contributed by atoms with Gasteiger partial charge in [0.2, 0.25) is 11.8 Å². The average Bonchev–Trinajstić information content (AvgIpc) is 2.72. The quantitative estimate of drug-likeness (QED) is 0.502. The molecule has 29 heavy (non-hydrogen) atoms. The molecule has 2 N–H and O–H groups in total. The van der Waals surface area contributed by atoms with Crippen molar-refractivity contribution >= 4 is 23.2 Å². The average molecular weight is 397 g/mol. The number of carbonyl (C=O) groups excluding carboxylic acids is 2. The Labute approximate surface area is 171 Å². The second-order valence-corrected chi connectivity index (χ2v) is 6.48. The molecule has 2 amide bonds. The number of rotatable bonds is 9. The molecule has 2 aromatic carbocycles. The van der Waals surface area contributed by atoms with Gasteiger partial charge in [-0.1, -0.05) is 31.2 Å². The maximum Gasteiger partial charge on any atom is 0.244 e. The predicted molar refractivity (Wildman–Crippen MR) is 114 cm³/mol. The van der Waals surface area contributed by atoms with E-state index in [9.17, 15) is 9.59 Å². The lowest BCUT2D eigenvalue weighted by molar-refractivity contribution is -0.120. The third-order valence-electron chi connectivity index (χ3n) is 4.27. The number of para-hydroxylation sites is 1. The van der Waals surface area contributed by atoms with Gasteiger partial charge in [0.25, 0.3) is 0 Å². The molecule has 0 heterocycles. The molecule has 0 atom stereocenters. The van der Waals surface area contributed by atoms with Gasteiger partial charge in [0.15, 0.2) is 11.5 Å². The van der Waals surface area contributed by atoms with Crippen LogP contribution in [0.1, 0.15) is 31.4 Å². The van der Waals surface area contributed by atoms with E-state index in [2.05, 4.69) is 15.8 Å². The Kier molecular flexibility index (Phi) is 8.21. The summed E-state index contributed by atoms with van der Waals surface area (Å²) >= 11 is 0. The molecule has 0 aromatic heterocycles. The van der Waals surface area contributed by atoms with Crippen LogP contribution in [0.15, 0.2) is 47.6 Å². The van der Waals surface area contributed by atoms with Crippen LogP contribution in [-0.2, 0) is 22.4 Å². The molecule has 2 rings (SSSR count). The lowest BCUT2D eigenvalue weighted by Crippen LogP contribution is -2.23. The summed E-state index contributed by atoms with van der Waals surface area (Å²) in [4.78, 5) is 24.4. The molecule has 0 radical (unpaired) electrons. The number of methoxy groups -OCH3 is 2. The van der Waals surface area contributed by atoms with Gasteiger partial charge in [0.1, 0.15) is 0 Å². The summed E-state index contributed by atoms with van der Waals surface area (Å²) in [5.74, 6) is 0.692. The molecule has 0 fully saturated rings. The molecule has 7 nitrogen and oxygen atoms in total. The number of carbonyl (C=O) groups is 2. The van der Waals surface area contributed by atoms with Crippen molar-refractivity contribution in [1.82, 2.24) is 5.43 Å². The van der Waals surface area contributed by atoms with Crippen LogP contribution in [-0.4, -0.2) is 31.7 Å². The first-order valence-electron chi connectivity index (χ1n) is 9.37. The Morgan fingerprint density at radius 3 is 2.41 bits per heavy atom. The Hall–Kier alpha value is -3.35. The summed E-state index contributed by atoms with van der Waals surface area (Å²) < 4.78 is 10.4. The van der Waals surface area contributed by atoms with E-state index in [0.717, 1.165) is 23.2 Å². The highest BCUT2D eigenvalue weighted by molar-refractivity contribution is 6.06. The highest BCUT2D eigenvalue weighted by Gasteiger charge is 2.10. The summed E-state index contributed by atoms with van der Waals surface area (Å²) in [6, 6.07) is 12.9. The Balaban J connectivity index is 1.88. The van der Waals surface area contributed by atoms with E-state index in [4.69, 9.17) is 9.47 Å². The van der Waals surface area contributed by atoms with E-state index < -0.39 is 0 Å². The summed E-state index contributed by atoms with van der Waals surface area (Å²) in [7, 11) is 3.10. The second kappa shape index (κ2) is 10.8. The summed E-state index contributed by atoms with van der Waals surface area (Å²) in [5, 5.41) is 6.91. The van der Waals surface area contributed by atoms with Gasteiger partial charge in [-0.2, -0.15) is 5.10 Å². The topological polar surface area (TPSA) is 89.0 Å². The standard InChI is InChI=1S/C22H27N3O4/c1-5-17-8-6-7-9-18(17)23-21(26)12-15(2)24-25-22(27)14-16-10-11-19(28-3)20(13-16)29-4/h6-11,13H,5,12,14H2,1-4H3,(H,23,26)(H,25,27)/b24-15+. The van der Waals surface area contributed by atoms with Gasteiger partial charge >= 0.3 is 0 Å². The van der Waals surface area contributed by atoms with Crippen LogP contribution >= 0.6 is 0 Å². The number of nitrogens with zero attached hydrogens (tertiary/aromatic N) is 1. The van der Waals surface area contributed by atoms with Crippen molar-refractivity contribution in [2.75, 3.05) is 19.5 Å². The molecule has 2 aromatic rings. The van der Waals surface area contributed by atoms with Crippen molar-refractivity contribution in [1.29, 1.82) is 0 Å². The first-order chi connectivity index (χ1) is 14.0. The van der Waals surface area contributed by atoms with E-state index in [1.54, 1.807) is 39.3 Å². The van der Waals surface area contributed by atoms with Crippen molar-refractivity contribution in [3.63, 3.8) is 0 Å². The van der Waals surface area contributed by atoms with E-state index in [1.165, 1.54) is 0 Å². The Bertz CT molecular complexity index is 893. The van der Waals surface area contributed by atoms with E-state index in [-0.39, 0.29) is 24.7 Å². The van der Waals surface area contributed by atoms with Crippen LogP contribution in [0, 0.1) is 0 Å². The molecule has 0 spiro atoms. The second-order valence-electron chi connectivity index (χ2n) is 6.48. The monoisotopic (exact) mass is 397 g/mol. The molecule has 0 aliphatic carbocycles. The largest absolute Gasteiger partial charge is 0.493 e. The molecular weight excluding hydrogens is 370 g/mol. The van der Waals surface area contributed by atoms with Gasteiger partial charge in [0, 0.05) is 11.4 Å². The number of benzene rings is 2. The fourth-order valence-corrected chi connectivity index (χ4v) is 2.79. The zero-order chi connectivity index (χ0) is 21.2. The molecular formula is C22H27N3O4. The minimum Gasteiger partial charge on any atom is -0.493 e. The SMILES string of the molecule is CCc1ccccc1NC(=O)C/C(C)=N/NC(=O)Cc1ccc(OC)c(OC)c1. The smallest absolute Gasteiger partial charge is 0.244 e. The van der Waals surface area contributed by atoms with Gasteiger partial charge in [0.05, 0.1) is 27.1 Å². The third-order valence-corrected chi connectivity index (χ3v) is 4.27. The van der Waals surface area contributed by atoms with Crippen molar-refractivity contribution in [2.45, 2.75) is 33.1 Å². The molecule has 0 aliphatic rings. The number of nitrogens with one attached hydrogen (secondary N) is 2. The maximum absolute atomic E-state index is 12.2. The highest BCUT2D eigenvalue weighted by atomic mass is 16.5. The van der Waals surface area contributed by atoms with Crippen molar-refractivity contribution in [2.24, 2.45) is 5.10 Å². The number of amides is 2. The number of anilines is 1. The zero-order valence-electron chi connectivity index (χ0n) is 17.2. The van der Waals surface area contributed by atoms with Crippen LogP contribution in [0.25, 0.3) is 0 Å². The minimum atomic E-state index is -0.284. The van der Waals surface area contributed by atoms with Gasteiger partial charge in [-0.05, 0) is 42.7 Å². The van der Waals surface area contributed by atoms with Crippen molar-refractivity contribution < 1.29 is 19.1 Å². The van der Waals surface area contributed by atoms with Gasteiger partial charge < -0.3 is 14.8 Å². The lowest BCUT2D eigenvalue weighted by Gasteiger charge is -2.10. The summed E-state index contributed by atoms with van der Waals surface area (Å²) in [6.07, 6.45) is 1.05. The number of hydrogen-bond acceptors (Lipinski definition) is 5. The van der Waals surface area contributed by atoms with Crippen molar-refractivity contribution in [3.05, 3.63) is 53.6 Å². The zero-order valence-corrected chi connectivity index (χ0v) is 17.2. The molecule has 0 saturated heterocycles. The predicted octanol–water partition coefficient (Wildman–Crippen LogP) is 3.33. The molecule has 0 unspecified atom stereocenters. The first kappa shape index (κ1) is 21.9. The highest BCUT2D eigenvalue weighted by Crippen LogP contribution is 2.27. The fourth-order valence-electron chi connectivity index (χ4n) is 2.79. The van der Waals surface area contributed by atoms with E-state index >= 15 is 0 Å². The van der Waals surface area contributed by atoms with Crippen LogP contribution in [0.3, 0.4) is 0 Å². The molecule has 7 heteroatoms. The minimum absolute atomic E-state index is 0.0920. The molecule has 0 saturated carbocycles. The molecule has 0 aliphatic heterocycles. The summed E-state index contributed by atoms with van der Waals surface area (Å²) in [6.45, 7) is 3.73. The van der Waals surface area contributed by atoms with Gasteiger partial charge in [-0.25, -0.2) is 5.43 Å². The van der Waals surface area contributed by atoms with Crippen molar-refractivity contribution in [3.8, 4) is 11.5 Å². The normalized spacial score (nSPS) is 11.0. The van der Waals surface area contributed by atoms with E-state index in [1.807, 2.05) is 31.2 Å². The fraction of sp³-hybridized carbons (Fsp3) is 0.318. The molecule has 154 valence electrons. The first-order valence-corrected chi connectivity index (χ1v) is 9.37. The van der Waals surface area contributed by atoms with Crippen LogP contribution in [0.2, 0.25) is 0 Å². The van der Waals surface area contributed by atoms with Crippen LogP contribution in [0.5, 0.6) is 11.5 Å². The number of ether oxygens (including phenoxy) is 2. The van der Waals surface area contributed by atoms with Gasteiger partial charge in [-0.15, -0.1) is 0 Å². The number of hydrogen-bond donors (Lipinski definition) is 2.